The highest BCUT2D eigenvalue weighted by atomic mass is 16.5. The van der Waals surface area contributed by atoms with Crippen molar-refractivity contribution >= 4 is 5.97 Å². The summed E-state index contributed by atoms with van der Waals surface area (Å²) < 4.78 is 5.09. The second-order valence-electron chi connectivity index (χ2n) is 5.76. The van der Waals surface area contributed by atoms with Gasteiger partial charge in [-0.2, -0.15) is 0 Å². The topological polar surface area (TPSA) is 26.3 Å². The third-order valence-electron chi connectivity index (χ3n) is 4.08. The molecule has 2 heteroatoms. The van der Waals surface area contributed by atoms with Crippen LogP contribution in [0.15, 0.2) is 97.6 Å². The van der Waals surface area contributed by atoms with Crippen molar-refractivity contribution in [3.63, 3.8) is 0 Å². The summed E-state index contributed by atoms with van der Waals surface area (Å²) in [4.78, 5) is 12.0. The summed E-state index contributed by atoms with van der Waals surface area (Å²) in [6.07, 6.45) is 1.56. The van der Waals surface area contributed by atoms with Crippen LogP contribution in [-0.4, -0.2) is 12.6 Å². The van der Waals surface area contributed by atoms with E-state index in [0.717, 1.165) is 5.56 Å². The normalized spacial score (nSPS) is 10.4. The Kier molecular flexibility index (Phi) is 5.43. The van der Waals surface area contributed by atoms with E-state index in [1.807, 2.05) is 60.7 Å². The third kappa shape index (κ3) is 4.04. The van der Waals surface area contributed by atoms with Crippen molar-refractivity contribution in [2.24, 2.45) is 0 Å². The zero-order valence-electron chi connectivity index (χ0n) is 14.0. The number of esters is 1. The maximum atomic E-state index is 12.0. The second kappa shape index (κ2) is 8.11. The Labute approximate surface area is 148 Å². The highest BCUT2D eigenvalue weighted by molar-refractivity contribution is 5.89. The molecule has 0 fully saturated rings. The van der Waals surface area contributed by atoms with E-state index in [4.69, 9.17) is 4.74 Å². The lowest BCUT2D eigenvalue weighted by Gasteiger charge is -2.19. The Balaban J connectivity index is 1.94. The smallest absolute Gasteiger partial charge is 0.338 e. The molecule has 0 unspecified atom stereocenters. The highest BCUT2D eigenvalue weighted by Crippen LogP contribution is 2.31. The van der Waals surface area contributed by atoms with Crippen molar-refractivity contribution in [3.05, 3.63) is 120 Å². The lowest BCUT2D eigenvalue weighted by Crippen LogP contribution is -2.07. The molecule has 0 aromatic heterocycles. The van der Waals surface area contributed by atoms with Gasteiger partial charge in [-0.1, -0.05) is 85.5 Å². The molecule has 2 nitrogen and oxygen atoms in total. The van der Waals surface area contributed by atoms with Gasteiger partial charge in [-0.05, 0) is 28.8 Å². The molecular weight excluding hydrogens is 308 g/mol. The van der Waals surface area contributed by atoms with Crippen LogP contribution in [0.3, 0.4) is 0 Å². The van der Waals surface area contributed by atoms with Crippen LogP contribution in [0.4, 0.5) is 0 Å². The monoisotopic (exact) mass is 328 g/mol. The van der Waals surface area contributed by atoms with Gasteiger partial charge in [0.1, 0.15) is 6.61 Å². The first-order valence-electron chi connectivity index (χ1n) is 8.27. The maximum Gasteiger partial charge on any atom is 0.338 e. The fourth-order valence-electron chi connectivity index (χ4n) is 2.90. The number of rotatable bonds is 6. The molecule has 0 radical (unpaired) electrons. The molecule has 0 saturated heterocycles. The summed E-state index contributed by atoms with van der Waals surface area (Å²) >= 11 is 0. The standard InChI is InChI=1S/C23H20O2/c1-2-17-25-23(24)21-15-13-20(14-16-21)22(18-9-5-3-6-10-18)19-11-7-4-8-12-19/h2-16,22H,1,17H2. The summed E-state index contributed by atoms with van der Waals surface area (Å²) in [6.45, 7) is 3.77. The van der Waals surface area contributed by atoms with Crippen molar-refractivity contribution in [2.75, 3.05) is 6.61 Å². The summed E-state index contributed by atoms with van der Waals surface area (Å²) in [5.74, 6) is -0.205. The minimum atomic E-state index is -0.331. The zero-order valence-corrected chi connectivity index (χ0v) is 14.0. The minimum absolute atomic E-state index is 0.126. The first-order valence-corrected chi connectivity index (χ1v) is 8.27. The van der Waals surface area contributed by atoms with Crippen LogP contribution >= 0.6 is 0 Å². The number of benzene rings is 3. The third-order valence-corrected chi connectivity index (χ3v) is 4.08. The molecule has 0 N–H and O–H groups in total. The molecule has 0 amide bonds. The SMILES string of the molecule is C=CCOC(=O)c1ccc(C(c2ccccc2)c2ccccc2)cc1. The van der Waals surface area contributed by atoms with Gasteiger partial charge < -0.3 is 4.74 Å². The molecule has 0 saturated carbocycles. The van der Waals surface area contributed by atoms with Gasteiger partial charge in [0.05, 0.1) is 5.56 Å². The predicted octanol–water partition coefficient (Wildman–Crippen LogP) is 5.21. The Morgan fingerprint density at radius 1 is 0.800 bits per heavy atom. The van der Waals surface area contributed by atoms with Crippen LogP contribution in [-0.2, 0) is 4.74 Å². The summed E-state index contributed by atoms with van der Waals surface area (Å²) in [7, 11) is 0. The van der Waals surface area contributed by atoms with E-state index in [0.29, 0.717) is 5.56 Å². The molecular formula is C23H20O2. The van der Waals surface area contributed by atoms with Gasteiger partial charge in [0.2, 0.25) is 0 Å². The summed E-state index contributed by atoms with van der Waals surface area (Å²) in [5.41, 5.74) is 4.12. The molecule has 0 spiro atoms. The van der Waals surface area contributed by atoms with Gasteiger partial charge >= 0.3 is 5.97 Å². The van der Waals surface area contributed by atoms with Crippen LogP contribution in [0.1, 0.15) is 33.0 Å². The largest absolute Gasteiger partial charge is 0.458 e. The molecule has 3 rings (SSSR count). The van der Waals surface area contributed by atoms with Gasteiger partial charge in [0.15, 0.2) is 0 Å². The number of ether oxygens (including phenoxy) is 1. The summed E-state index contributed by atoms with van der Waals surface area (Å²) in [6, 6.07) is 28.4. The molecule has 0 bridgehead atoms. The van der Waals surface area contributed by atoms with Crippen LogP contribution in [0.2, 0.25) is 0 Å². The van der Waals surface area contributed by atoms with Crippen molar-refractivity contribution < 1.29 is 9.53 Å². The zero-order chi connectivity index (χ0) is 17.5. The van der Waals surface area contributed by atoms with Crippen molar-refractivity contribution in [3.8, 4) is 0 Å². The number of carbonyl (C=O) groups is 1. The van der Waals surface area contributed by atoms with Gasteiger partial charge in [0.25, 0.3) is 0 Å². The van der Waals surface area contributed by atoms with E-state index in [1.165, 1.54) is 11.1 Å². The van der Waals surface area contributed by atoms with Crippen LogP contribution in [0, 0.1) is 0 Å². The molecule has 0 aliphatic heterocycles. The number of hydrogen-bond acceptors (Lipinski definition) is 2. The number of hydrogen-bond donors (Lipinski definition) is 0. The van der Waals surface area contributed by atoms with E-state index < -0.39 is 0 Å². The van der Waals surface area contributed by atoms with Gasteiger partial charge in [-0.15, -0.1) is 0 Å². The molecule has 25 heavy (non-hydrogen) atoms. The van der Waals surface area contributed by atoms with E-state index in [-0.39, 0.29) is 18.5 Å². The minimum Gasteiger partial charge on any atom is -0.458 e. The molecule has 124 valence electrons. The lowest BCUT2D eigenvalue weighted by molar-refractivity contribution is 0.0549. The average molecular weight is 328 g/mol. The second-order valence-corrected chi connectivity index (χ2v) is 5.76. The van der Waals surface area contributed by atoms with Crippen molar-refractivity contribution in [2.45, 2.75) is 5.92 Å². The maximum absolute atomic E-state index is 12.0. The van der Waals surface area contributed by atoms with Gasteiger partial charge in [-0.25, -0.2) is 4.79 Å². The van der Waals surface area contributed by atoms with E-state index in [9.17, 15) is 4.79 Å². The molecule has 0 heterocycles. The lowest BCUT2D eigenvalue weighted by atomic mass is 9.85. The highest BCUT2D eigenvalue weighted by Gasteiger charge is 2.17. The summed E-state index contributed by atoms with van der Waals surface area (Å²) in [5, 5.41) is 0. The Morgan fingerprint density at radius 2 is 1.28 bits per heavy atom. The first kappa shape index (κ1) is 16.7. The van der Waals surface area contributed by atoms with Crippen LogP contribution in [0.25, 0.3) is 0 Å². The first-order chi connectivity index (χ1) is 12.3. The van der Waals surface area contributed by atoms with Crippen molar-refractivity contribution in [1.82, 2.24) is 0 Å². The molecule has 3 aromatic carbocycles. The molecule has 0 aliphatic rings. The number of carbonyl (C=O) groups excluding carboxylic acids is 1. The Hall–Kier alpha value is -3.13. The van der Waals surface area contributed by atoms with Crippen LogP contribution in [0.5, 0.6) is 0 Å². The molecule has 3 aromatic rings. The predicted molar refractivity (Wildman–Crippen MR) is 101 cm³/mol. The van der Waals surface area contributed by atoms with Gasteiger partial charge in [0, 0.05) is 5.92 Å². The molecule has 0 aliphatic carbocycles. The van der Waals surface area contributed by atoms with E-state index in [1.54, 1.807) is 6.08 Å². The van der Waals surface area contributed by atoms with E-state index >= 15 is 0 Å². The average Bonchev–Trinajstić information content (AvgIpc) is 2.68. The quantitative estimate of drug-likeness (QED) is 0.353. The fraction of sp³-hybridized carbons (Fsp3) is 0.0870. The Morgan fingerprint density at radius 3 is 1.76 bits per heavy atom. The van der Waals surface area contributed by atoms with E-state index in [2.05, 4.69) is 30.8 Å². The fourth-order valence-corrected chi connectivity index (χ4v) is 2.90. The van der Waals surface area contributed by atoms with Crippen LogP contribution < -0.4 is 0 Å². The van der Waals surface area contributed by atoms with Gasteiger partial charge in [-0.3, -0.25) is 0 Å². The van der Waals surface area contributed by atoms with Crippen molar-refractivity contribution in [1.29, 1.82) is 0 Å². The molecule has 0 atom stereocenters. The Bertz CT molecular complexity index is 781.